The summed E-state index contributed by atoms with van der Waals surface area (Å²) < 4.78 is 0.883. The molecule has 1 heterocycles. The molecule has 0 bridgehead atoms. The van der Waals surface area contributed by atoms with Crippen LogP contribution in [0.2, 0.25) is 0 Å². The number of nitrogens with one attached hydrogen (secondary N) is 2. The summed E-state index contributed by atoms with van der Waals surface area (Å²) in [6.45, 7) is 1.37. The molecule has 28 heavy (non-hydrogen) atoms. The predicted molar refractivity (Wildman–Crippen MR) is 114 cm³/mol. The summed E-state index contributed by atoms with van der Waals surface area (Å²) in [5.74, 6) is -0.820. The molecule has 1 saturated heterocycles. The maximum atomic E-state index is 13.1. The van der Waals surface area contributed by atoms with Gasteiger partial charge in [0.2, 0.25) is 5.91 Å². The van der Waals surface area contributed by atoms with Crippen LogP contribution in [0.3, 0.4) is 0 Å². The number of carbonyl (C=O) groups excluding carboxylic acids is 3. The molecule has 1 aliphatic heterocycles. The van der Waals surface area contributed by atoms with Crippen LogP contribution in [-0.4, -0.2) is 29.3 Å². The van der Waals surface area contributed by atoms with Gasteiger partial charge < -0.3 is 10.6 Å². The number of aryl methyl sites for hydroxylation is 2. The SMILES string of the molecule is CC1(c2ccc3c(c2)CCC3)NC(=O)N(CC(=O)Nc2ccccc2I)C1=O. The molecule has 144 valence electrons. The molecule has 2 aromatic rings. The van der Waals surface area contributed by atoms with E-state index in [0.29, 0.717) is 5.69 Å². The van der Waals surface area contributed by atoms with Gasteiger partial charge in [0.05, 0.1) is 5.69 Å². The van der Waals surface area contributed by atoms with Crippen molar-refractivity contribution < 1.29 is 14.4 Å². The lowest BCUT2D eigenvalue weighted by atomic mass is 9.89. The second-order valence-corrected chi connectivity index (χ2v) is 8.47. The van der Waals surface area contributed by atoms with E-state index in [9.17, 15) is 14.4 Å². The van der Waals surface area contributed by atoms with Crippen molar-refractivity contribution in [2.75, 3.05) is 11.9 Å². The zero-order valence-electron chi connectivity index (χ0n) is 15.4. The molecule has 1 aliphatic carbocycles. The Morgan fingerprint density at radius 2 is 1.93 bits per heavy atom. The van der Waals surface area contributed by atoms with E-state index in [-0.39, 0.29) is 6.54 Å². The average Bonchev–Trinajstić information content (AvgIpc) is 3.22. The van der Waals surface area contributed by atoms with Crippen molar-refractivity contribution in [2.24, 2.45) is 0 Å². The number of urea groups is 1. The Balaban J connectivity index is 1.52. The zero-order valence-corrected chi connectivity index (χ0v) is 17.6. The largest absolute Gasteiger partial charge is 0.325 e. The van der Waals surface area contributed by atoms with Gasteiger partial charge in [-0.3, -0.25) is 14.5 Å². The number of benzene rings is 2. The number of fused-ring (bicyclic) bond motifs is 1. The third-order valence-electron chi connectivity index (χ3n) is 5.40. The number of rotatable bonds is 4. The monoisotopic (exact) mass is 489 g/mol. The predicted octanol–water partition coefficient (Wildman–Crippen LogP) is 3.19. The van der Waals surface area contributed by atoms with E-state index in [1.54, 1.807) is 13.0 Å². The van der Waals surface area contributed by atoms with E-state index in [4.69, 9.17) is 0 Å². The van der Waals surface area contributed by atoms with Gasteiger partial charge in [0.1, 0.15) is 12.1 Å². The lowest BCUT2D eigenvalue weighted by Crippen LogP contribution is -2.42. The van der Waals surface area contributed by atoms with E-state index >= 15 is 0 Å². The first kappa shape index (κ1) is 18.9. The molecule has 6 nitrogen and oxygen atoms in total. The van der Waals surface area contributed by atoms with Gasteiger partial charge in [0.15, 0.2) is 0 Å². The van der Waals surface area contributed by atoms with Crippen LogP contribution in [0.25, 0.3) is 0 Å². The van der Waals surface area contributed by atoms with E-state index in [0.717, 1.165) is 33.3 Å². The highest BCUT2D eigenvalue weighted by atomic mass is 127. The Morgan fingerprint density at radius 1 is 1.18 bits per heavy atom. The number of para-hydroxylation sites is 1. The van der Waals surface area contributed by atoms with Crippen molar-refractivity contribution >= 4 is 46.1 Å². The van der Waals surface area contributed by atoms with Gasteiger partial charge in [-0.2, -0.15) is 0 Å². The van der Waals surface area contributed by atoms with E-state index in [2.05, 4.69) is 33.2 Å². The molecule has 0 spiro atoms. The molecule has 0 saturated carbocycles. The average molecular weight is 489 g/mol. The molecule has 1 atom stereocenters. The number of carbonyl (C=O) groups is 3. The number of nitrogens with zero attached hydrogens (tertiary/aromatic N) is 1. The second kappa shape index (κ2) is 7.20. The van der Waals surface area contributed by atoms with Gasteiger partial charge in [-0.1, -0.05) is 30.3 Å². The van der Waals surface area contributed by atoms with E-state index in [1.807, 2.05) is 36.4 Å². The maximum Gasteiger partial charge on any atom is 0.325 e. The van der Waals surface area contributed by atoms with Crippen LogP contribution in [0, 0.1) is 3.57 Å². The Bertz CT molecular complexity index is 991. The van der Waals surface area contributed by atoms with Gasteiger partial charge in [0, 0.05) is 3.57 Å². The zero-order chi connectivity index (χ0) is 19.9. The highest BCUT2D eigenvalue weighted by Gasteiger charge is 2.49. The normalized spacial score (nSPS) is 20.9. The fourth-order valence-electron chi connectivity index (χ4n) is 3.81. The molecule has 7 heteroatoms. The topological polar surface area (TPSA) is 78.5 Å². The van der Waals surface area contributed by atoms with Crippen LogP contribution >= 0.6 is 22.6 Å². The first-order valence-corrected chi connectivity index (χ1v) is 10.3. The second-order valence-electron chi connectivity index (χ2n) is 7.31. The summed E-state index contributed by atoms with van der Waals surface area (Å²) in [6, 6.07) is 12.7. The summed E-state index contributed by atoms with van der Waals surface area (Å²) in [7, 11) is 0. The molecule has 0 aromatic heterocycles. The first-order valence-electron chi connectivity index (χ1n) is 9.19. The molecule has 1 fully saturated rings. The van der Waals surface area contributed by atoms with Crippen LogP contribution < -0.4 is 10.6 Å². The molecule has 0 radical (unpaired) electrons. The highest BCUT2D eigenvalue weighted by Crippen LogP contribution is 2.32. The van der Waals surface area contributed by atoms with Gasteiger partial charge in [0.25, 0.3) is 5.91 Å². The van der Waals surface area contributed by atoms with Crippen LogP contribution in [0.1, 0.15) is 30.0 Å². The van der Waals surface area contributed by atoms with Crippen molar-refractivity contribution in [3.8, 4) is 0 Å². The minimum atomic E-state index is -1.16. The number of imide groups is 1. The van der Waals surface area contributed by atoms with Gasteiger partial charge in [-0.15, -0.1) is 0 Å². The van der Waals surface area contributed by atoms with Crippen LogP contribution in [0.4, 0.5) is 10.5 Å². The van der Waals surface area contributed by atoms with Crippen molar-refractivity contribution in [1.82, 2.24) is 10.2 Å². The number of halogens is 1. The van der Waals surface area contributed by atoms with Gasteiger partial charge in [-0.05, 0) is 77.6 Å². The van der Waals surface area contributed by atoms with E-state index < -0.39 is 23.4 Å². The minimum absolute atomic E-state index is 0.323. The highest BCUT2D eigenvalue weighted by molar-refractivity contribution is 14.1. The lowest BCUT2D eigenvalue weighted by Gasteiger charge is -2.23. The number of hydrogen-bond donors (Lipinski definition) is 2. The Morgan fingerprint density at radius 3 is 2.71 bits per heavy atom. The summed E-state index contributed by atoms with van der Waals surface area (Å²) in [6.07, 6.45) is 3.15. The lowest BCUT2D eigenvalue weighted by molar-refractivity contribution is -0.133. The summed E-state index contributed by atoms with van der Waals surface area (Å²) in [5, 5.41) is 5.53. The van der Waals surface area contributed by atoms with Crippen LogP contribution in [-0.2, 0) is 28.0 Å². The van der Waals surface area contributed by atoms with Crippen molar-refractivity contribution in [3.05, 3.63) is 62.7 Å². The molecular weight excluding hydrogens is 469 g/mol. The minimum Gasteiger partial charge on any atom is -0.324 e. The fourth-order valence-corrected chi connectivity index (χ4v) is 4.34. The quantitative estimate of drug-likeness (QED) is 0.512. The molecule has 4 amide bonds. The van der Waals surface area contributed by atoms with Crippen molar-refractivity contribution in [3.63, 3.8) is 0 Å². The first-order chi connectivity index (χ1) is 13.4. The van der Waals surface area contributed by atoms with Crippen LogP contribution in [0.5, 0.6) is 0 Å². The van der Waals surface area contributed by atoms with Crippen LogP contribution in [0.15, 0.2) is 42.5 Å². The van der Waals surface area contributed by atoms with Crippen molar-refractivity contribution in [1.29, 1.82) is 0 Å². The third-order valence-corrected chi connectivity index (χ3v) is 6.34. The number of amides is 4. The molecule has 2 N–H and O–H groups in total. The van der Waals surface area contributed by atoms with Gasteiger partial charge >= 0.3 is 6.03 Å². The number of hydrogen-bond acceptors (Lipinski definition) is 3. The van der Waals surface area contributed by atoms with E-state index in [1.165, 1.54) is 11.1 Å². The Hall–Kier alpha value is -2.42. The molecule has 1 unspecified atom stereocenters. The molecular formula is C21H20IN3O3. The summed E-state index contributed by atoms with van der Waals surface area (Å²) in [5.41, 5.74) is 2.79. The summed E-state index contributed by atoms with van der Waals surface area (Å²) >= 11 is 2.12. The van der Waals surface area contributed by atoms with Gasteiger partial charge in [-0.25, -0.2) is 4.79 Å². The number of anilines is 1. The Kier molecular flexibility index (Phi) is 4.86. The smallest absolute Gasteiger partial charge is 0.324 e. The summed E-state index contributed by atoms with van der Waals surface area (Å²) in [4.78, 5) is 38.9. The molecule has 2 aliphatic rings. The fraction of sp³-hybridized carbons (Fsp3) is 0.286. The Labute approximate surface area is 176 Å². The molecule has 4 rings (SSSR count). The standard InChI is InChI=1S/C21H20IN3O3/c1-21(15-10-9-13-5-4-6-14(13)11-15)19(27)25(20(28)24-21)12-18(26)23-17-8-3-2-7-16(17)22/h2-3,7-11H,4-6,12H2,1H3,(H,23,26)(H,24,28). The van der Waals surface area contributed by atoms with Crippen molar-refractivity contribution in [2.45, 2.75) is 31.7 Å². The third kappa shape index (κ3) is 3.28. The maximum absolute atomic E-state index is 13.1. The molecule has 2 aromatic carbocycles.